The summed E-state index contributed by atoms with van der Waals surface area (Å²) in [6, 6.07) is -3.91. The summed E-state index contributed by atoms with van der Waals surface area (Å²) in [5, 5.41) is 33.3. The molecule has 3 unspecified atom stereocenters. The van der Waals surface area contributed by atoms with Crippen LogP contribution in [0.25, 0.3) is 0 Å². The molecular weight excluding hydrogens is 418 g/mol. The van der Waals surface area contributed by atoms with Crippen molar-refractivity contribution in [2.24, 2.45) is 22.2 Å². The molecule has 176 valence electrons. The number of carboxylic acid groups (broad SMARTS) is 2. The highest BCUT2D eigenvalue weighted by Crippen LogP contribution is 2.01. The maximum absolute atomic E-state index is 12.4. The summed E-state index contributed by atoms with van der Waals surface area (Å²) in [7, 11) is 0. The van der Waals surface area contributed by atoms with E-state index in [-0.39, 0.29) is 38.2 Å². The maximum atomic E-state index is 12.4. The smallest absolute Gasteiger partial charge is 0.322 e. The topological polar surface area (TPSA) is 273 Å². The number of carbonyl (C=O) groups is 5. The SMILES string of the molecule is NC(N)=NCCCC(NC(=O)C(CO)NC(=O)C(N)CCC(=O)O)C(=O)NCC(=O)O. The van der Waals surface area contributed by atoms with Crippen molar-refractivity contribution in [1.82, 2.24) is 16.0 Å². The predicted molar refractivity (Wildman–Crippen MR) is 106 cm³/mol. The summed E-state index contributed by atoms with van der Waals surface area (Å²) >= 11 is 0. The number of aliphatic imine (C=N–C) groups is 1. The van der Waals surface area contributed by atoms with Gasteiger partial charge in [-0.2, -0.15) is 0 Å². The number of carbonyl (C=O) groups excluding carboxylic acids is 3. The lowest BCUT2D eigenvalue weighted by Crippen LogP contribution is -2.57. The van der Waals surface area contributed by atoms with Gasteiger partial charge in [-0.15, -0.1) is 0 Å². The van der Waals surface area contributed by atoms with Gasteiger partial charge < -0.3 is 48.5 Å². The molecule has 0 fully saturated rings. The Kier molecular flexibility index (Phi) is 12.9. The van der Waals surface area contributed by atoms with Gasteiger partial charge in [0.2, 0.25) is 17.7 Å². The normalized spacial score (nSPS) is 13.2. The molecule has 0 aromatic heterocycles. The highest BCUT2D eigenvalue weighted by atomic mass is 16.4. The Morgan fingerprint density at radius 1 is 0.871 bits per heavy atom. The zero-order valence-corrected chi connectivity index (χ0v) is 16.7. The van der Waals surface area contributed by atoms with Crippen LogP contribution in [0.5, 0.6) is 0 Å². The minimum atomic E-state index is -1.48. The number of hydrogen-bond donors (Lipinski definition) is 9. The molecule has 0 aliphatic rings. The van der Waals surface area contributed by atoms with E-state index in [4.69, 9.17) is 27.4 Å². The number of nitrogens with two attached hydrogens (primary N) is 3. The summed E-state index contributed by atoms with van der Waals surface area (Å²) in [6.07, 6.45) is -0.282. The Labute approximate surface area is 177 Å². The van der Waals surface area contributed by atoms with Crippen molar-refractivity contribution in [1.29, 1.82) is 0 Å². The summed E-state index contributed by atoms with van der Waals surface area (Å²) in [6.45, 7) is -1.38. The van der Waals surface area contributed by atoms with Crippen LogP contribution in [0.15, 0.2) is 4.99 Å². The molecule has 0 radical (unpaired) electrons. The van der Waals surface area contributed by atoms with Gasteiger partial charge in [-0.25, -0.2) is 0 Å². The van der Waals surface area contributed by atoms with E-state index >= 15 is 0 Å². The molecule has 0 bridgehead atoms. The molecular formula is C16H29N7O8. The van der Waals surface area contributed by atoms with E-state index in [2.05, 4.69) is 20.9 Å². The van der Waals surface area contributed by atoms with Crippen molar-refractivity contribution in [3.8, 4) is 0 Å². The molecule has 0 aliphatic heterocycles. The second kappa shape index (κ2) is 14.5. The van der Waals surface area contributed by atoms with Crippen LogP contribution in [0.3, 0.4) is 0 Å². The molecule has 3 amide bonds. The number of nitrogens with one attached hydrogen (secondary N) is 3. The van der Waals surface area contributed by atoms with Gasteiger partial charge in [0.1, 0.15) is 18.6 Å². The van der Waals surface area contributed by atoms with Gasteiger partial charge in [-0.3, -0.25) is 29.0 Å². The van der Waals surface area contributed by atoms with Crippen molar-refractivity contribution in [2.45, 2.75) is 43.8 Å². The van der Waals surface area contributed by atoms with Crippen LogP contribution in [-0.4, -0.2) is 88.8 Å². The van der Waals surface area contributed by atoms with Crippen LogP contribution in [0, 0.1) is 0 Å². The molecule has 0 rings (SSSR count). The van der Waals surface area contributed by atoms with Crippen LogP contribution >= 0.6 is 0 Å². The third-order valence-corrected chi connectivity index (χ3v) is 3.81. The van der Waals surface area contributed by atoms with Crippen molar-refractivity contribution in [3.63, 3.8) is 0 Å². The molecule has 0 aliphatic carbocycles. The largest absolute Gasteiger partial charge is 0.481 e. The highest BCUT2D eigenvalue weighted by molar-refractivity contribution is 5.93. The lowest BCUT2D eigenvalue weighted by molar-refractivity contribution is -0.139. The lowest BCUT2D eigenvalue weighted by atomic mass is 10.1. The summed E-state index contributed by atoms with van der Waals surface area (Å²) < 4.78 is 0. The molecule has 3 atom stereocenters. The second-order valence-corrected chi connectivity index (χ2v) is 6.40. The second-order valence-electron chi connectivity index (χ2n) is 6.40. The average Bonchev–Trinajstić information content (AvgIpc) is 2.69. The van der Waals surface area contributed by atoms with Gasteiger partial charge in [0.05, 0.1) is 12.6 Å². The average molecular weight is 447 g/mol. The fourth-order valence-corrected chi connectivity index (χ4v) is 2.21. The van der Waals surface area contributed by atoms with Crippen LogP contribution in [0.1, 0.15) is 25.7 Å². The number of rotatable bonds is 15. The summed E-state index contributed by atoms with van der Waals surface area (Å²) in [5.74, 6) is -5.22. The van der Waals surface area contributed by atoms with Crippen molar-refractivity contribution in [3.05, 3.63) is 0 Å². The first kappa shape index (κ1) is 27.5. The molecule has 0 saturated heterocycles. The first-order valence-corrected chi connectivity index (χ1v) is 9.21. The van der Waals surface area contributed by atoms with Crippen molar-refractivity contribution < 1.29 is 39.3 Å². The Morgan fingerprint density at radius 3 is 2.00 bits per heavy atom. The van der Waals surface area contributed by atoms with Crippen LogP contribution < -0.4 is 33.2 Å². The third kappa shape index (κ3) is 12.7. The molecule has 0 saturated carbocycles. The number of amides is 3. The molecule has 0 heterocycles. The summed E-state index contributed by atoms with van der Waals surface area (Å²) in [5.41, 5.74) is 16.0. The van der Waals surface area contributed by atoms with Gasteiger partial charge in [0, 0.05) is 13.0 Å². The van der Waals surface area contributed by atoms with Crippen LogP contribution in [-0.2, 0) is 24.0 Å². The van der Waals surface area contributed by atoms with Crippen molar-refractivity contribution in [2.75, 3.05) is 19.7 Å². The number of aliphatic hydroxyl groups excluding tert-OH is 1. The van der Waals surface area contributed by atoms with E-state index in [0.29, 0.717) is 0 Å². The number of nitrogens with zero attached hydrogens (tertiary/aromatic N) is 1. The molecule has 31 heavy (non-hydrogen) atoms. The van der Waals surface area contributed by atoms with Gasteiger partial charge in [-0.1, -0.05) is 0 Å². The fourth-order valence-electron chi connectivity index (χ4n) is 2.21. The van der Waals surface area contributed by atoms with Crippen LogP contribution in [0.2, 0.25) is 0 Å². The zero-order valence-electron chi connectivity index (χ0n) is 16.7. The number of hydrogen-bond acceptors (Lipinski definition) is 8. The van der Waals surface area contributed by atoms with E-state index in [1.165, 1.54) is 0 Å². The molecule has 12 N–H and O–H groups in total. The van der Waals surface area contributed by atoms with Gasteiger partial charge >= 0.3 is 11.9 Å². The molecule has 15 heteroatoms. The quantitative estimate of drug-likeness (QED) is 0.0654. The minimum absolute atomic E-state index is 0.0260. The Bertz CT molecular complexity index is 681. The highest BCUT2D eigenvalue weighted by Gasteiger charge is 2.27. The molecule has 15 nitrogen and oxygen atoms in total. The predicted octanol–water partition coefficient (Wildman–Crippen LogP) is -4.61. The summed E-state index contributed by atoms with van der Waals surface area (Å²) in [4.78, 5) is 61.5. The van der Waals surface area contributed by atoms with Gasteiger partial charge in [0.15, 0.2) is 5.96 Å². The Morgan fingerprint density at radius 2 is 1.48 bits per heavy atom. The van der Waals surface area contributed by atoms with E-state index < -0.39 is 60.9 Å². The van der Waals surface area contributed by atoms with E-state index in [9.17, 15) is 29.1 Å². The number of aliphatic carboxylic acids is 2. The molecule has 0 aromatic rings. The standard InChI is InChI=1S/C16H29N7O8/c17-8(3-4-11(25)26)13(29)23-10(7-24)15(31)22-9(2-1-5-20-16(18)19)14(30)21-6-12(27)28/h8-10,24H,1-7,17H2,(H,21,30)(H,22,31)(H,23,29)(H,25,26)(H,27,28)(H4,18,19,20). The molecule has 0 spiro atoms. The van der Waals surface area contributed by atoms with Gasteiger partial charge in [-0.05, 0) is 19.3 Å². The Balaban J connectivity index is 5.03. The zero-order chi connectivity index (χ0) is 24.0. The Hall–Kier alpha value is -3.46. The minimum Gasteiger partial charge on any atom is -0.481 e. The van der Waals surface area contributed by atoms with Crippen molar-refractivity contribution >= 4 is 35.6 Å². The number of carboxylic acids is 2. The first-order chi connectivity index (χ1) is 14.5. The van der Waals surface area contributed by atoms with E-state index in [0.717, 1.165) is 0 Å². The van der Waals surface area contributed by atoms with Gasteiger partial charge in [0.25, 0.3) is 0 Å². The number of guanidine groups is 1. The van der Waals surface area contributed by atoms with E-state index in [1.807, 2.05) is 0 Å². The molecule has 0 aromatic carbocycles. The van der Waals surface area contributed by atoms with E-state index in [1.54, 1.807) is 0 Å². The number of aliphatic hydroxyl groups is 1. The maximum Gasteiger partial charge on any atom is 0.322 e. The fraction of sp³-hybridized carbons (Fsp3) is 0.625. The first-order valence-electron chi connectivity index (χ1n) is 9.21. The third-order valence-electron chi connectivity index (χ3n) is 3.81. The monoisotopic (exact) mass is 447 g/mol. The lowest BCUT2D eigenvalue weighted by Gasteiger charge is -2.22. The van der Waals surface area contributed by atoms with Crippen LogP contribution in [0.4, 0.5) is 0 Å².